The number of aromatic nitrogens is 1. The van der Waals surface area contributed by atoms with E-state index in [-0.39, 0.29) is 23.3 Å². The van der Waals surface area contributed by atoms with Crippen molar-refractivity contribution in [1.29, 1.82) is 0 Å². The molecule has 4 amide bonds. The smallest absolute Gasteiger partial charge is 0.310 e. The third-order valence-electron chi connectivity index (χ3n) is 8.52. The van der Waals surface area contributed by atoms with Gasteiger partial charge in [0.2, 0.25) is 5.91 Å². The standard InChI is InChI=1S/C30H40N6O3/c1-21(2)33-15-13-32(14-16-33)19-26(37)34-20-29(3,4)24-8-7-23(17-25(24)34)36-27(38)30(5,6)35(28(36)39)18-22-9-11-31-12-10-22/h7-12,17,21H,13-16,18-20H2,1-6H3. The molecule has 0 atom stereocenters. The van der Waals surface area contributed by atoms with Gasteiger partial charge in [-0.3, -0.25) is 24.4 Å². The third kappa shape index (κ3) is 4.94. The van der Waals surface area contributed by atoms with Crippen LogP contribution in [-0.4, -0.2) is 88.4 Å². The Morgan fingerprint density at radius 2 is 1.64 bits per heavy atom. The molecule has 39 heavy (non-hydrogen) atoms. The minimum absolute atomic E-state index is 0.0516. The van der Waals surface area contributed by atoms with Crippen LogP contribution in [0.1, 0.15) is 52.7 Å². The molecule has 3 aliphatic rings. The van der Waals surface area contributed by atoms with Gasteiger partial charge in [0.25, 0.3) is 5.91 Å². The summed E-state index contributed by atoms with van der Waals surface area (Å²) in [5.74, 6) is -0.227. The lowest BCUT2D eigenvalue weighted by Gasteiger charge is -2.37. The van der Waals surface area contributed by atoms with Crippen LogP contribution in [-0.2, 0) is 21.5 Å². The highest BCUT2D eigenvalue weighted by Crippen LogP contribution is 2.44. The molecule has 2 fully saturated rings. The molecule has 0 saturated carbocycles. The van der Waals surface area contributed by atoms with E-state index in [1.165, 1.54) is 4.90 Å². The van der Waals surface area contributed by atoms with Gasteiger partial charge in [-0.15, -0.1) is 0 Å². The number of piperazine rings is 1. The maximum Gasteiger partial charge on any atom is 0.332 e. The number of rotatable bonds is 6. The van der Waals surface area contributed by atoms with Crippen molar-refractivity contribution in [2.75, 3.05) is 49.1 Å². The summed E-state index contributed by atoms with van der Waals surface area (Å²) in [4.78, 5) is 54.2. The zero-order chi connectivity index (χ0) is 28.1. The van der Waals surface area contributed by atoms with Crippen molar-refractivity contribution in [1.82, 2.24) is 19.7 Å². The maximum absolute atomic E-state index is 13.6. The maximum atomic E-state index is 13.6. The molecule has 4 heterocycles. The molecule has 2 saturated heterocycles. The summed E-state index contributed by atoms with van der Waals surface area (Å²) in [6.07, 6.45) is 3.36. The largest absolute Gasteiger partial charge is 0.332 e. The molecule has 208 valence electrons. The van der Waals surface area contributed by atoms with Crippen molar-refractivity contribution in [3.63, 3.8) is 0 Å². The lowest BCUT2D eigenvalue weighted by Crippen LogP contribution is -2.51. The predicted molar refractivity (Wildman–Crippen MR) is 152 cm³/mol. The van der Waals surface area contributed by atoms with Crippen molar-refractivity contribution in [3.8, 4) is 0 Å². The number of anilines is 2. The van der Waals surface area contributed by atoms with E-state index in [1.54, 1.807) is 31.1 Å². The van der Waals surface area contributed by atoms with Gasteiger partial charge in [-0.25, -0.2) is 9.69 Å². The fraction of sp³-hybridized carbons (Fsp3) is 0.533. The summed E-state index contributed by atoms with van der Waals surface area (Å²) >= 11 is 0. The fourth-order valence-electron chi connectivity index (χ4n) is 5.96. The zero-order valence-electron chi connectivity index (χ0n) is 24.0. The number of carbonyl (C=O) groups excluding carboxylic acids is 3. The van der Waals surface area contributed by atoms with Crippen molar-refractivity contribution in [2.24, 2.45) is 0 Å². The second kappa shape index (κ2) is 10.0. The molecule has 0 spiro atoms. The van der Waals surface area contributed by atoms with Gasteiger partial charge in [-0.2, -0.15) is 0 Å². The highest BCUT2D eigenvalue weighted by Gasteiger charge is 2.52. The number of nitrogens with zero attached hydrogens (tertiary/aromatic N) is 6. The van der Waals surface area contributed by atoms with Gasteiger partial charge in [0.15, 0.2) is 0 Å². The monoisotopic (exact) mass is 532 g/mol. The minimum atomic E-state index is -1.01. The van der Waals surface area contributed by atoms with Crippen LogP contribution in [0.4, 0.5) is 16.2 Å². The average Bonchev–Trinajstić information content (AvgIpc) is 3.26. The molecule has 5 rings (SSSR count). The number of hydrogen-bond donors (Lipinski definition) is 0. The number of amides is 4. The zero-order valence-corrected chi connectivity index (χ0v) is 24.0. The molecule has 2 aromatic rings. The van der Waals surface area contributed by atoms with Gasteiger partial charge < -0.3 is 9.80 Å². The Labute approximate surface area is 231 Å². The van der Waals surface area contributed by atoms with Crippen LogP contribution in [0.3, 0.4) is 0 Å². The SMILES string of the molecule is CC(C)N1CCN(CC(=O)N2CC(C)(C)c3ccc(N4C(=O)N(Cc5ccncc5)C(C)(C)C4=O)cc32)CC1. The topological polar surface area (TPSA) is 80.3 Å². The molecule has 0 unspecified atom stereocenters. The number of benzene rings is 1. The van der Waals surface area contributed by atoms with Crippen molar-refractivity contribution in [2.45, 2.75) is 65.1 Å². The van der Waals surface area contributed by atoms with E-state index < -0.39 is 5.54 Å². The Bertz CT molecular complexity index is 1270. The Hall–Kier alpha value is -3.30. The van der Waals surface area contributed by atoms with E-state index in [9.17, 15) is 14.4 Å². The number of pyridine rings is 1. The first kappa shape index (κ1) is 27.3. The lowest BCUT2D eigenvalue weighted by atomic mass is 9.87. The summed E-state index contributed by atoms with van der Waals surface area (Å²) in [7, 11) is 0. The van der Waals surface area contributed by atoms with Crippen LogP contribution < -0.4 is 9.80 Å². The van der Waals surface area contributed by atoms with Gasteiger partial charge in [-0.05, 0) is 63.1 Å². The highest BCUT2D eigenvalue weighted by atomic mass is 16.2. The average molecular weight is 533 g/mol. The van der Waals surface area contributed by atoms with Gasteiger partial charge >= 0.3 is 6.03 Å². The van der Waals surface area contributed by atoms with Crippen LogP contribution in [0.5, 0.6) is 0 Å². The lowest BCUT2D eigenvalue weighted by molar-refractivity contribution is -0.123. The first-order valence-electron chi connectivity index (χ1n) is 13.9. The van der Waals surface area contributed by atoms with E-state index >= 15 is 0 Å². The first-order valence-corrected chi connectivity index (χ1v) is 13.9. The van der Waals surface area contributed by atoms with E-state index in [4.69, 9.17) is 0 Å². The molecule has 3 aliphatic heterocycles. The number of imide groups is 1. The predicted octanol–water partition coefficient (Wildman–Crippen LogP) is 3.48. The van der Waals surface area contributed by atoms with Crippen molar-refractivity contribution in [3.05, 3.63) is 53.9 Å². The van der Waals surface area contributed by atoms with E-state index in [0.717, 1.165) is 43.0 Å². The molecule has 0 N–H and O–H groups in total. The van der Waals surface area contributed by atoms with E-state index in [0.29, 0.717) is 31.4 Å². The second-order valence-corrected chi connectivity index (χ2v) is 12.4. The van der Waals surface area contributed by atoms with E-state index in [2.05, 4.69) is 42.5 Å². The van der Waals surface area contributed by atoms with Crippen LogP contribution in [0.25, 0.3) is 0 Å². The molecular formula is C30H40N6O3. The number of carbonyl (C=O) groups is 3. The Morgan fingerprint density at radius 3 is 2.28 bits per heavy atom. The molecule has 9 heteroatoms. The molecule has 0 radical (unpaired) electrons. The number of urea groups is 1. The van der Waals surface area contributed by atoms with Gasteiger partial charge in [-0.1, -0.05) is 19.9 Å². The minimum Gasteiger partial charge on any atom is -0.310 e. The van der Waals surface area contributed by atoms with E-state index in [1.807, 2.05) is 35.2 Å². The molecule has 0 aliphatic carbocycles. The second-order valence-electron chi connectivity index (χ2n) is 12.4. The number of fused-ring (bicyclic) bond motifs is 1. The number of hydrogen-bond acceptors (Lipinski definition) is 6. The van der Waals surface area contributed by atoms with Gasteiger partial charge in [0, 0.05) is 68.8 Å². The Morgan fingerprint density at radius 1 is 0.974 bits per heavy atom. The quantitative estimate of drug-likeness (QED) is 0.530. The molecule has 1 aromatic heterocycles. The summed E-state index contributed by atoms with van der Waals surface area (Å²) < 4.78 is 0. The van der Waals surface area contributed by atoms with Crippen LogP contribution in [0.15, 0.2) is 42.7 Å². The first-order chi connectivity index (χ1) is 18.4. The fourth-order valence-corrected chi connectivity index (χ4v) is 5.96. The van der Waals surface area contributed by atoms with Crippen LogP contribution in [0, 0.1) is 0 Å². The normalized spacial score (nSPS) is 21.3. The van der Waals surface area contributed by atoms with Crippen molar-refractivity contribution < 1.29 is 14.4 Å². The molecule has 9 nitrogen and oxygen atoms in total. The summed E-state index contributed by atoms with van der Waals surface area (Å²) in [6, 6.07) is 9.50. The summed E-state index contributed by atoms with van der Waals surface area (Å²) in [5, 5.41) is 0. The van der Waals surface area contributed by atoms with Crippen LogP contribution >= 0.6 is 0 Å². The Balaban J connectivity index is 1.39. The Kier molecular flexibility index (Phi) is 7.01. The van der Waals surface area contributed by atoms with Crippen LogP contribution in [0.2, 0.25) is 0 Å². The van der Waals surface area contributed by atoms with Gasteiger partial charge in [0.05, 0.1) is 12.2 Å². The third-order valence-corrected chi connectivity index (χ3v) is 8.52. The molecular weight excluding hydrogens is 492 g/mol. The summed E-state index contributed by atoms with van der Waals surface area (Å²) in [6.45, 7) is 17.1. The van der Waals surface area contributed by atoms with Crippen molar-refractivity contribution >= 4 is 29.2 Å². The summed E-state index contributed by atoms with van der Waals surface area (Å²) in [5.41, 5.74) is 2.00. The highest BCUT2D eigenvalue weighted by molar-refractivity contribution is 6.23. The van der Waals surface area contributed by atoms with Gasteiger partial charge in [0.1, 0.15) is 5.54 Å². The molecule has 0 bridgehead atoms. The molecule has 1 aromatic carbocycles.